The number of hydrogen-bond acceptors (Lipinski definition) is 6. The molecule has 4 rings (SSSR count). The summed E-state index contributed by atoms with van der Waals surface area (Å²) in [4.78, 5) is 46.0. The lowest BCUT2D eigenvalue weighted by Crippen LogP contribution is -2.49. The maximum absolute atomic E-state index is 13.4. The van der Waals surface area contributed by atoms with E-state index >= 15 is 0 Å². The maximum atomic E-state index is 13.4. The lowest BCUT2D eigenvalue weighted by atomic mass is 10.1. The molecule has 1 unspecified atom stereocenters. The van der Waals surface area contributed by atoms with Crippen molar-refractivity contribution < 1.29 is 9.53 Å². The summed E-state index contributed by atoms with van der Waals surface area (Å²) in [6.07, 6.45) is 3.21. The zero-order chi connectivity index (χ0) is 26.9. The Hall–Kier alpha value is -3.82. The molecular formula is C27H36N6O4. The van der Waals surface area contributed by atoms with Crippen molar-refractivity contribution in [3.63, 3.8) is 0 Å². The van der Waals surface area contributed by atoms with E-state index < -0.39 is 22.9 Å². The summed E-state index contributed by atoms with van der Waals surface area (Å²) in [5.74, 6) is 0.593. The van der Waals surface area contributed by atoms with E-state index in [4.69, 9.17) is 9.72 Å². The van der Waals surface area contributed by atoms with Gasteiger partial charge in [0.25, 0.3) is 5.56 Å². The van der Waals surface area contributed by atoms with Gasteiger partial charge in [0.15, 0.2) is 11.2 Å². The highest BCUT2D eigenvalue weighted by Crippen LogP contribution is 2.25. The van der Waals surface area contributed by atoms with Crippen molar-refractivity contribution in [1.82, 2.24) is 24.0 Å². The first kappa shape index (κ1) is 26.2. The molecular weight excluding hydrogens is 472 g/mol. The van der Waals surface area contributed by atoms with Gasteiger partial charge < -0.3 is 19.5 Å². The molecule has 1 atom stereocenters. The van der Waals surface area contributed by atoms with Crippen LogP contribution in [0.3, 0.4) is 0 Å². The average molecular weight is 509 g/mol. The molecule has 10 nitrogen and oxygen atoms in total. The minimum Gasteiger partial charge on any atom is -0.444 e. The lowest BCUT2D eigenvalue weighted by Gasteiger charge is -2.34. The van der Waals surface area contributed by atoms with Crippen LogP contribution in [0.25, 0.3) is 16.9 Å². The van der Waals surface area contributed by atoms with Crippen LogP contribution in [-0.4, -0.2) is 49.5 Å². The van der Waals surface area contributed by atoms with Gasteiger partial charge in [-0.15, -0.1) is 0 Å². The third-order valence-corrected chi connectivity index (χ3v) is 6.25. The van der Waals surface area contributed by atoms with Gasteiger partial charge in [-0.25, -0.2) is 14.2 Å². The Kier molecular flexibility index (Phi) is 7.29. The molecule has 3 aromatic rings. The number of nitrogens with zero attached hydrogens (tertiary/aromatic N) is 5. The molecule has 1 saturated heterocycles. The van der Waals surface area contributed by atoms with Crippen molar-refractivity contribution in [1.29, 1.82) is 0 Å². The molecule has 0 spiro atoms. The number of aromatic nitrogens is 4. The molecule has 10 heteroatoms. The second-order valence-electron chi connectivity index (χ2n) is 10.7. The van der Waals surface area contributed by atoms with Gasteiger partial charge >= 0.3 is 11.8 Å². The maximum Gasteiger partial charge on any atom is 0.407 e. The Morgan fingerprint density at radius 2 is 1.89 bits per heavy atom. The van der Waals surface area contributed by atoms with Crippen molar-refractivity contribution in [2.24, 2.45) is 7.05 Å². The second kappa shape index (κ2) is 10.3. The number of piperidine rings is 1. The van der Waals surface area contributed by atoms with Gasteiger partial charge in [-0.2, -0.15) is 4.98 Å². The fourth-order valence-electron chi connectivity index (χ4n) is 4.53. The lowest BCUT2D eigenvalue weighted by molar-refractivity contribution is 0.0499. The summed E-state index contributed by atoms with van der Waals surface area (Å²) >= 11 is 0. The highest BCUT2D eigenvalue weighted by atomic mass is 16.6. The van der Waals surface area contributed by atoms with Crippen molar-refractivity contribution in [3.8, 4) is 5.69 Å². The highest BCUT2D eigenvalue weighted by Gasteiger charge is 2.29. The third-order valence-electron chi connectivity index (χ3n) is 6.25. The second-order valence-corrected chi connectivity index (χ2v) is 10.7. The van der Waals surface area contributed by atoms with E-state index in [-0.39, 0.29) is 6.04 Å². The number of rotatable bonds is 5. The minimum atomic E-state index is -0.585. The normalized spacial score (nSPS) is 16.1. The quantitative estimate of drug-likeness (QED) is 0.530. The van der Waals surface area contributed by atoms with Crippen LogP contribution in [0.2, 0.25) is 0 Å². The summed E-state index contributed by atoms with van der Waals surface area (Å²) in [5.41, 5.74) is 0.981. The van der Waals surface area contributed by atoms with Crippen LogP contribution >= 0.6 is 0 Å². The Morgan fingerprint density at radius 1 is 1.19 bits per heavy atom. The van der Waals surface area contributed by atoms with Gasteiger partial charge in [-0.3, -0.25) is 9.36 Å². The predicted molar refractivity (Wildman–Crippen MR) is 145 cm³/mol. The fraction of sp³-hybridized carbons (Fsp3) is 0.481. The SMILES string of the molecule is CC(C)=CCn1c(N2CCCC(NC(=O)OC(C)(C)C)C2)nc2c1c(=O)n(C)c(=O)n2-c1ccccc1. The van der Waals surface area contributed by atoms with E-state index in [1.807, 2.05) is 75.6 Å². The van der Waals surface area contributed by atoms with Crippen LogP contribution in [-0.2, 0) is 18.3 Å². The fourth-order valence-corrected chi connectivity index (χ4v) is 4.53. The predicted octanol–water partition coefficient (Wildman–Crippen LogP) is 3.35. The van der Waals surface area contributed by atoms with Gasteiger partial charge in [0.2, 0.25) is 5.95 Å². The van der Waals surface area contributed by atoms with Crippen LogP contribution in [0, 0.1) is 0 Å². The first-order valence-corrected chi connectivity index (χ1v) is 12.6. The number of benzene rings is 1. The zero-order valence-corrected chi connectivity index (χ0v) is 22.4. The van der Waals surface area contributed by atoms with Crippen LogP contribution in [0.5, 0.6) is 0 Å². The van der Waals surface area contributed by atoms with E-state index in [0.717, 1.165) is 23.0 Å². The molecule has 1 amide bonds. The number of fused-ring (bicyclic) bond motifs is 1. The molecule has 198 valence electrons. The molecule has 1 aromatic carbocycles. The summed E-state index contributed by atoms with van der Waals surface area (Å²) in [5, 5.41) is 2.97. The Balaban J connectivity index is 1.83. The molecule has 0 aliphatic carbocycles. The topological polar surface area (TPSA) is 103 Å². The van der Waals surface area contributed by atoms with E-state index in [9.17, 15) is 14.4 Å². The number of para-hydroxylation sites is 1. The summed E-state index contributed by atoms with van der Waals surface area (Å²) < 4.78 is 9.93. The first-order chi connectivity index (χ1) is 17.5. The summed E-state index contributed by atoms with van der Waals surface area (Å²) in [7, 11) is 1.49. The Labute approximate surface area is 216 Å². The van der Waals surface area contributed by atoms with E-state index in [0.29, 0.717) is 42.4 Å². The molecule has 3 heterocycles. The molecule has 1 aliphatic heterocycles. The summed E-state index contributed by atoms with van der Waals surface area (Å²) in [6.45, 7) is 11.1. The van der Waals surface area contributed by atoms with Gasteiger partial charge in [-0.05, 0) is 59.6 Å². The Bertz CT molecular complexity index is 1440. The molecule has 2 aromatic heterocycles. The van der Waals surface area contributed by atoms with E-state index in [1.165, 1.54) is 11.6 Å². The number of anilines is 1. The number of carbonyl (C=O) groups is 1. The number of allylic oxidation sites excluding steroid dienone is 2. The number of nitrogens with one attached hydrogen (secondary N) is 1. The van der Waals surface area contributed by atoms with Crippen LogP contribution in [0.4, 0.5) is 10.7 Å². The van der Waals surface area contributed by atoms with Crippen molar-refractivity contribution in [3.05, 3.63) is 62.8 Å². The molecule has 0 bridgehead atoms. The minimum absolute atomic E-state index is 0.139. The molecule has 0 saturated carbocycles. The van der Waals surface area contributed by atoms with Gasteiger partial charge in [0, 0.05) is 32.7 Å². The van der Waals surface area contributed by atoms with Crippen LogP contribution in [0.15, 0.2) is 51.6 Å². The average Bonchev–Trinajstić information content (AvgIpc) is 3.20. The van der Waals surface area contributed by atoms with Crippen molar-refractivity contribution in [2.45, 2.75) is 65.6 Å². The number of alkyl carbamates (subject to hydrolysis) is 1. The van der Waals surface area contributed by atoms with Crippen LogP contribution < -0.4 is 21.5 Å². The van der Waals surface area contributed by atoms with E-state index in [1.54, 1.807) is 0 Å². The molecule has 1 N–H and O–H groups in total. The smallest absolute Gasteiger partial charge is 0.407 e. The first-order valence-electron chi connectivity index (χ1n) is 12.6. The molecule has 37 heavy (non-hydrogen) atoms. The Morgan fingerprint density at radius 3 is 2.54 bits per heavy atom. The van der Waals surface area contributed by atoms with Crippen LogP contribution in [0.1, 0.15) is 47.5 Å². The number of carbonyl (C=O) groups excluding carboxylic acids is 1. The third kappa shape index (κ3) is 5.63. The summed E-state index contributed by atoms with van der Waals surface area (Å²) in [6, 6.07) is 9.07. The van der Waals surface area contributed by atoms with Gasteiger partial charge in [-0.1, -0.05) is 29.8 Å². The van der Waals surface area contributed by atoms with E-state index in [2.05, 4.69) is 10.2 Å². The number of imidazole rings is 1. The number of hydrogen-bond donors (Lipinski definition) is 1. The standard InChI is InChI=1S/C27H36N6O4/c1-18(2)14-16-32-21-22(33(20-12-8-7-9-13-20)26(36)30(6)23(21)34)29-24(32)31-15-10-11-19(17-31)28-25(35)37-27(3,4)5/h7-9,12-14,19H,10-11,15-17H2,1-6H3,(H,28,35). The van der Waals surface area contributed by atoms with Crippen molar-refractivity contribution >= 4 is 23.2 Å². The highest BCUT2D eigenvalue weighted by molar-refractivity contribution is 5.76. The monoisotopic (exact) mass is 508 g/mol. The van der Waals surface area contributed by atoms with Gasteiger partial charge in [0.05, 0.1) is 5.69 Å². The molecule has 0 radical (unpaired) electrons. The number of amides is 1. The molecule has 1 fully saturated rings. The zero-order valence-electron chi connectivity index (χ0n) is 22.4. The van der Waals surface area contributed by atoms with Gasteiger partial charge in [0.1, 0.15) is 5.60 Å². The largest absolute Gasteiger partial charge is 0.444 e. The molecule has 1 aliphatic rings. The van der Waals surface area contributed by atoms with Crippen molar-refractivity contribution in [2.75, 3.05) is 18.0 Å². The number of ether oxygens (including phenoxy) is 1.